The van der Waals surface area contributed by atoms with Gasteiger partial charge < -0.3 is 9.32 Å². The van der Waals surface area contributed by atoms with Crippen LogP contribution in [0.2, 0.25) is 0 Å². The monoisotopic (exact) mass is 273 g/mol. The Balaban J connectivity index is 1.90. The quantitative estimate of drug-likeness (QED) is 0.476. The molecule has 0 aliphatic carbocycles. The highest BCUT2D eigenvalue weighted by Gasteiger charge is 2.15. The lowest BCUT2D eigenvalue weighted by atomic mass is 10.1. The van der Waals surface area contributed by atoms with Crippen molar-refractivity contribution in [2.24, 2.45) is 5.84 Å². The summed E-state index contributed by atoms with van der Waals surface area (Å²) in [7, 11) is 2.01. The van der Waals surface area contributed by atoms with E-state index in [1.807, 2.05) is 25.2 Å². The number of amides is 1. The molecule has 1 heterocycles. The number of carbonyl (C=O) groups excluding carboxylic acids is 1. The van der Waals surface area contributed by atoms with E-state index < -0.39 is 5.91 Å². The van der Waals surface area contributed by atoms with E-state index in [2.05, 4.69) is 22.5 Å². The van der Waals surface area contributed by atoms with Crippen molar-refractivity contribution in [3.8, 4) is 0 Å². The van der Waals surface area contributed by atoms with Crippen LogP contribution in [0.3, 0.4) is 0 Å². The lowest BCUT2D eigenvalue weighted by molar-refractivity contribution is 0.0923. The minimum absolute atomic E-state index is 0.277. The largest absolute Gasteiger partial charge is 0.459 e. The lowest BCUT2D eigenvalue weighted by Crippen LogP contribution is -2.31. The maximum Gasteiger partial charge on any atom is 0.301 e. The predicted molar refractivity (Wildman–Crippen MR) is 76.8 cm³/mol. The number of furan rings is 1. The van der Waals surface area contributed by atoms with Crippen molar-refractivity contribution < 1.29 is 9.21 Å². The number of hydrogen-bond donors (Lipinski definition) is 2. The first kappa shape index (κ1) is 14.3. The molecule has 0 bridgehead atoms. The first-order valence-electron chi connectivity index (χ1n) is 6.50. The van der Waals surface area contributed by atoms with Crippen LogP contribution in [0.4, 0.5) is 0 Å². The van der Waals surface area contributed by atoms with Crippen molar-refractivity contribution in [3.05, 3.63) is 59.5 Å². The summed E-state index contributed by atoms with van der Waals surface area (Å²) in [6.45, 7) is 1.55. The Kier molecular flexibility index (Phi) is 4.92. The third kappa shape index (κ3) is 3.69. The highest BCUT2D eigenvalue weighted by molar-refractivity contribution is 5.92. The number of benzene rings is 1. The van der Waals surface area contributed by atoms with Crippen molar-refractivity contribution in [2.75, 3.05) is 13.6 Å². The summed E-state index contributed by atoms with van der Waals surface area (Å²) in [6.07, 6.45) is 2.47. The maximum absolute atomic E-state index is 11.5. The average molecular weight is 273 g/mol. The zero-order valence-corrected chi connectivity index (χ0v) is 11.5. The second-order valence-electron chi connectivity index (χ2n) is 4.72. The molecule has 0 fully saturated rings. The second-order valence-corrected chi connectivity index (χ2v) is 4.72. The van der Waals surface area contributed by atoms with Gasteiger partial charge in [-0.1, -0.05) is 30.3 Å². The second kappa shape index (κ2) is 6.88. The van der Waals surface area contributed by atoms with Crippen LogP contribution >= 0.6 is 0 Å². The summed E-state index contributed by atoms with van der Waals surface area (Å²) in [5, 5.41) is 0. The molecular weight excluding hydrogens is 254 g/mol. The summed E-state index contributed by atoms with van der Waals surface area (Å²) in [5.41, 5.74) is 4.22. The molecule has 5 heteroatoms. The maximum atomic E-state index is 11.5. The number of carbonyl (C=O) groups is 1. The number of likely N-dealkylation sites (N-methyl/N-ethyl adjacent to an activating group) is 1. The van der Waals surface area contributed by atoms with E-state index in [1.165, 1.54) is 11.8 Å². The Bertz CT molecular complexity index is 551. The Morgan fingerprint density at radius 3 is 2.75 bits per heavy atom. The van der Waals surface area contributed by atoms with E-state index >= 15 is 0 Å². The first-order valence-corrected chi connectivity index (χ1v) is 6.50. The van der Waals surface area contributed by atoms with Crippen LogP contribution in [0, 0.1) is 0 Å². The molecule has 0 atom stereocenters. The predicted octanol–water partition coefficient (Wildman–Crippen LogP) is 1.56. The number of nitrogens with zero attached hydrogens (tertiary/aromatic N) is 1. The van der Waals surface area contributed by atoms with Gasteiger partial charge in [0.25, 0.3) is 0 Å². The van der Waals surface area contributed by atoms with E-state index in [1.54, 1.807) is 6.07 Å². The van der Waals surface area contributed by atoms with Gasteiger partial charge in [-0.15, -0.1) is 0 Å². The van der Waals surface area contributed by atoms with Gasteiger partial charge in [0, 0.05) is 18.7 Å². The molecule has 2 aromatic rings. The molecule has 0 unspecified atom stereocenters. The molecule has 1 amide bonds. The molecule has 1 aromatic carbocycles. The number of nitrogens with one attached hydrogen (secondary N) is 1. The molecule has 3 N–H and O–H groups in total. The zero-order valence-electron chi connectivity index (χ0n) is 11.5. The zero-order chi connectivity index (χ0) is 14.4. The summed E-state index contributed by atoms with van der Waals surface area (Å²) >= 11 is 0. The fourth-order valence-electron chi connectivity index (χ4n) is 2.06. The van der Waals surface area contributed by atoms with Crippen LogP contribution in [0.5, 0.6) is 0 Å². The summed E-state index contributed by atoms with van der Waals surface area (Å²) in [5.74, 6) is 5.00. The molecule has 0 saturated heterocycles. The summed E-state index contributed by atoms with van der Waals surface area (Å²) < 4.78 is 5.16. The molecule has 0 saturated carbocycles. The van der Waals surface area contributed by atoms with E-state index in [9.17, 15) is 4.79 Å². The van der Waals surface area contributed by atoms with Crippen molar-refractivity contribution in [2.45, 2.75) is 13.0 Å². The van der Waals surface area contributed by atoms with Gasteiger partial charge >= 0.3 is 5.91 Å². The highest BCUT2D eigenvalue weighted by atomic mass is 16.3. The van der Waals surface area contributed by atoms with Gasteiger partial charge in [-0.05, 0) is 25.1 Å². The molecule has 5 nitrogen and oxygen atoms in total. The van der Waals surface area contributed by atoms with Crippen molar-refractivity contribution >= 4 is 5.91 Å². The van der Waals surface area contributed by atoms with Crippen LogP contribution in [0.15, 0.2) is 47.1 Å². The Hall–Kier alpha value is -2.11. The van der Waals surface area contributed by atoms with Crippen molar-refractivity contribution in [1.82, 2.24) is 10.3 Å². The molecule has 0 aliphatic rings. The molecule has 0 aliphatic heterocycles. The highest BCUT2D eigenvalue weighted by Crippen LogP contribution is 2.13. The van der Waals surface area contributed by atoms with Crippen LogP contribution in [-0.2, 0) is 13.0 Å². The summed E-state index contributed by atoms with van der Waals surface area (Å²) in [4.78, 5) is 13.7. The fraction of sp³-hybridized carbons (Fsp3) is 0.267. The normalized spacial score (nSPS) is 10.8. The van der Waals surface area contributed by atoms with E-state index in [-0.39, 0.29) is 5.76 Å². The van der Waals surface area contributed by atoms with Crippen molar-refractivity contribution in [1.29, 1.82) is 0 Å². The van der Waals surface area contributed by atoms with Crippen molar-refractivity contribution in [3.63, 3.8) is 0 Å². The summed E-state index contributed by atoms with van der Waals surface area (Å²) in [6, 6.07) is 12.1. The molecule has 0 radical (unpaired) electrons. The first-order chi connectivity index (χ1) is 9.70. The molecule has 1 aromatic heterocycles. The fourth-order valence-corrected chi connectivity index (χ4v) is 2.06. The lowest BCUT2D eigenvalue weighted by Gasteiger charge is -2.16. The van der Waals surface area contributed by atoms with Gasteiger partial charge in [-0.2, -0.15) is 0 Å². The molecule has 106 valence electrons. The Labute approximate surface area is 118 Å². The number of hydrazine groups is 1. The Morgan fingerprint density at radius 1 is 1.30 bits per heavy atom. The van der Waals surface area contributed by atoms with Crippen LogP contribution < -0.4 is 11.3 Å². The number of nitrogen functional groups attached to an aromatic ring is 1. The third-order valence-corrected chi connectivity index (χ3v) is 3.15. The SMILES string of the molecule is CN(CCc1ccccc1)Cc1ccoc1C(=O)NN. The minimum Gasteiger partial charge on any atom is -0.459 e. The minimum atomic E-state index is -0.401. The number of hydrogen-bond acceptors (Lipinski definition) is 4. The van der Waals surface area contributed by atoms with E-state index in [0.717, 1.165) is 18.5 Å². The molecule has 20 heavy (non-hydrogen) atoms. The van der Waals surface area contributed by atoms with Crippen LogP contribution in [0.25, 0.3) is 0 Å². The van der Waals surface area contributed by atoms with E-state index in [4.69, 9.17) is 10.3 Å². The standard InChI is InChI=1S/C15H19N3O2/c1-18(9-7-12-5-3-2-4-6-12)11-13-8-10-20-14(13)15(19)17-16/h2-6,8,10H,7,9,11,16H2,1H3,(H,17,19). The molecule has 0 spiro atoms. The molecular formula is C15H19N3O2. The van der Waals surface area contributed by atoms with Gasteiger partial charge in [0.05, 0.1) is 6.26 Å². The smallest absolute Gasteiger partial charge is 0.301 e. The van der Waals surface area contributed by atoms with Gasteiger partial charge in [0.1, 0.15) is 0 Å². The van der Waals surface area contributed by atoms with Gasteiger partial charge in [0.15, 0.2) is 5.76 Å². The van der Waals surface area contributed by atoms with Gasteiger partial charge in [-0.3, -0.25) is 10.2 Å². The van der Waals surface area contributed by atoms with Gasteiger partial charge in [-0.25, -0.2) is 5.84 Å². The molecule has 2 rings (SSSR count). The third-order valence-electron chi connectivity index (χ3n) is 3.15. The van der Waals surface area contributed by atoms with Gasteiger partial charge in [0.2, 0.25) is 0 Å². The topological polar surface area (TPSA) is 71.5 Å². The van der Waals surface area contributed by atoms with Crippen LogP contribution in [-0.4, -0.2) is 24.4 Å². The van der Waals surface area contributed by atoms with E-state index in [0.29, 0.717) is 6.54 Å². The Morgan fingerprint density at radius 2 is 2.05 bits per heavy atom. The number of nitrogens with two attached hydrogens (primary N) is 1. The van der Waals surface area contributed by atoms with Crippen LogP contribution in [0.1, 0.15) is 21.7 Å². The number of rotatable bonds is 6. The average Bonchev–Trinajstić information content (AvgIpc) is 2.93.